The zero-order valence-electron chi connectivity index (χ0n) is 18.7. The molecule has 1 heterocycles. The smallest absolute Gasteiger partial charge is 0.308 e. The van der Waals surface area contributed by atoms with E-state index >= 15 is 0 Å². The first-order valence-electron chi connectivity index (χ1n) is 9.80. The van der Waals surface area contributed by atoms with Crippen molar-refractivity contribution in [2.75, 3.05) is 36.6 Å². The molecule has 3 aromatic rings. The molecule has 1 N–H and O–H groups in total. The Morgan fingerprint density at radius 1 is 1.18 bits per heavy atom. The van der Waals surface area contributed by atoms with E-state index in [4.69, 9.17) is 21.1 Å². The van der Waals surface area contributed by atoms with Crippen LogP contribution in [0.25, 0.3) is 10.2 Å². The van der Waals surface area contributed by atoms with Crippen LogP contribution in [0.3, 0.4) is 0 Å². The van der Waals surface area contributed by atoms with Crippen LogP contribution in [0.4, 0.5) is 11.4 Å². The van der Waals surface area contributed by atoms with Crippen LogP contribution in [-0.2, 0) is 14.8 Å². The predicted molar refractivity (Wildman–Crippen MR) is 132 cm³/mol. The number of halogens is 1. The Morgan fingerprint density at radius 2 is 1.85 bits per heavy atom. The molecule has 0 aliphatic heterocycles. The second-order valence-electron chi connectivity index (χ2n) is 7.49. The SMILES string of the molecule is COc1cc(N(CC(=O)Nc2ccc3c(c2)sc(=O)n3C(C)C)S(C)(=O)=O)c(OC)cc1Cl. The predicted octanol–water partition coefficient (Wildman–Crippen LogP) is 3.72. The molecule has 1 amide bonds. The minimum Gasteiger partial charge on any atom is -0.495 e. The van der Waals surface area contributed by atoms with Crippen LogP contribution in [0, 0.1) is 0 Å². The number of sulfonamides is 1. The van der Waals surface area contributed by atoms with E-state index < -0.39 is 22.5 Å². The van der Waals surface area contributed by atoms with Crippen molar-refractivity contribution in [3.05, 3.63) is 45.0 Å². The van der Waals surface area contributed by atoms with Crippen molar-refractivity contribution in [3.63, 3.8) is 0 Å². The molecule has 33 heavy (non-hydrogen) atoms. The molecule has 0 atom stereocenters. The first-order valence-corrected chi connectivity index (χ1v) is 12.8. The largest absolute Gasteiger partial charge is 0.495 e. The molecule has 0 radical (unpaired) electrons. The van der Waals surface area contributed by atoms with Crippen molar-refractivity contribution in [2.24, 2.45) is 0 Å². The van der Waals surface area contributed by atoms with E-state index in [-0.39, 0.29) is 33.1 Å². The number of ether oxygens (including phenoxy) is 2. The van der Waals surface area contributed by atoms with Gasteiger partial charge in [-0.2, -0.15) is 0 Å². The summed E-state index contributed by atoms with van der Waals surface area (Å²) in [4.78, 5) is 25.0. The van der Waals surface area contributed by atoms with Gasteiger partial charge in [-0.1, -0.05) is 22.9 Å². The molecule has 0 aliphatic carbocycles. The highest BCUT2D eigenvalue weighted by atomic mass is 35.5. The summed E-state index contributed by atoms with van der Waals surface area (Å²) in [5.41, 5.74) is 1.33. The third-order valence-electron chi connectivity index (χ3n) is 4.82. The van der Waals surface area contributed by atoms with E-state index in [0.717, 1.165) is 32.1 Å². The number of carbonyl (C=O) groups is 1. The standard InChI is InChI=1S/C21H24ClN3O6S2/c1-12(2)25-15-7-6-13(8-19(15)32-21(25)27)23-20(26)11-24(33(5,28)29)16-10-17(30-3)14(22)9-18(16)31-4/h6-10,12H,11H2,1-5H3,(H,23,26). The van der Waals surface area contributed by atoms with E-state index in [9.17, 15) is 18.0 Å². The number of methoxy groups -OCH3 is 2. The minimum atomic E-state index is -3.87. The monoisotopic (exact) mass is 513 g/mol. The molecule has 0 fully saturated rings. The van der Waals surface area contributed by atoms with Crippen molar-refractivity contribution in [1.29, 1.82) is 0 Å². The van der Waals surface area contributed by atoms with Gasteiger partial charge in [-0.25, -0.2) is 8.42 Å². The molecule has 2 aromatic carbocycles. The summed E-state index contributed by atoms with van der Waals surface area (Å²) in [6.07, 6.45) is 0.985. The molecule has 0 saturated heterocycles. The highest BCUT2D eigenvalue weighted by Crippen LogP contribution is 2.39. The molecule has 12 heteroatoms. The highest BCUT2D eigenvalue weighted by Gasteiger charge is 2.26. The van der Waals surface area contributed by atoms with E-state index in [2.05, 4.69) is 5.32 Å². The Kier molecular flexibility index (Phi) is 7.25. The van der Waals surface area contributed by atoms with Crippen molar-refractivity contribution in [1.82, 2.24) is 4.57 Å². The van der Waals surface area contributed by atoms with Crippen molar-refractivity contribution in [2.45, 2.75) is 19.9 Å². The average Bonchev–Trinajstić information content (AvgIpc) is 3.06. The highest BCUT2D eigenvalue weighted by molar-refractivity contribution is 7.92. The Morgan fingerprint density at radius 3 is 2.42 bits per heavy atom. The van der Waals surface area contributed by atoms with Gasteiger partial charge in [0.2, 0.25) is 15.9 Å². The second-order valence-corrected chi connectivity index (χ2v) is 10.8. The number of fused-ring (bicyclic) bond motifs is 1. The number of thiazole rings is 1. The Labute approximate surface area is 200 Å². The van der Waals surface area contributed by atoms with Gasteiger partial charge in [0.15, 0.2) is 0 Å². The molecule has 0 unspecified atom stereocenters. The Hall–Kier alpha value is -2.76. The van der Waals surface area contributed by atoms with E-state index in [0.29, 0.717) is 5.69 Å². The molecule has 0 saturated carbocycles. The maximum absolute atomic E-state index is 12.8. The molecular weight excluding hydrogens is 490 g/mol. The van der Waals surface area contributed by atoms with E-state index in [1.165, 1.54) is 26.4 Å². The van der Waals surface area contributed by atoms with Crippen LogP contribution in [0.1, 0.15) is 19.9 Å². The number of nitrogens with zero attached hydrogens (tertiary/aromatic N) is 2. The summed E-state index contributed by atoms with van der Waals surface area (Å²) < 4.78 is 38.8. The molecule has 9 nitrogen and oxygen atoms in total. The van der Waals surface area contributed by atoms with Gasteiger partial charge in [0.05, 0.1) is 41.4 Å². The number of anilines is 2. The van der Waals surface area contributed by atoms with Crippen LogP contribution >= 0.6 is 22.9 Å². The molecule has 178 valence electrons. The average molecular weight is 514 g/mol. The minimum absolute atomic E-state index is 0.00126. The van der Waals surface area contributed by atoms with Crippen LogP contribution in [0.5, 0.6) is 11.5 Å². The number of amides is 1. The zero-order valence-corrected chi connectivity index (χ0v) is 21.1. The lowest BCUT2D eigenvalue weighted by Gasteiger charge is -2.24. The van der Waals surface area contributed by atoms with Crippen molar-refractivity contribution in [3.8, 4) is 11.5 Å². The van der Waals surface area contributed by atoms with Gasteiger partial charge in [0, 0.05) is 23.9 Å². The molecular formula is C21H24ClN3O6S2. The fourth-order valence-electron chi connectivity index (χ4n) is 3.35. The summed E-state index contributed by atoms with van der Waals surface area (Å²) in [6.45, 7) is 3.33. The summed E-state index contributed by atoms with van der Waals surface area (Å²) in [5.74, 6) is -0.178. The number of hydrogen-bond acceptors (Lipinski definition) is 7. The topological polar surface area (TPSA) is 107 Å². The Bertz CT molecular complexity index is 1360. The van der Waals surface area contributed by atoms with Gasteiger partial charge < -0.3 is 14.8 Å². The summed E-state index contributed by atoms with van der Waals surface area (Å²) >= 11 is 7.20. The number of rotatable bonds is 8. The molecule has 0 aliphatic rings. The molecule has 0 spiro atoms. The lowest BCUT2D eigenvalue weighted by molar-refractivity contribution is -0.114. The van der Waals surface area contributed by atoms with Gasteiger partial charge in [-0.05, 0) is 32.0 Å². The number of carbonyl (C=O) groups excluding carboxylic acids is 1. The van der Waals surface area contributed by atoms with Gasteiger partial charge in [-0.3, -0.25) is 18.5 Å². The summed E-state index contributed by atoms with van der Waals surface area (Å²) in [6, 6.07) is 7.93. The lowest BCUT2D eigenvalue weighted by Crippen LogP contribution is -2.37. The number of hydrogen-bond donors (Lipinski definition) is 1. The lowest BCUT2D eigenvalue weighted by atomic mass is 10.2. The van der Waals surface area contributed by atoms with Gasteiger partial charge >= 0.3 is 4.87 Å². The fraction of sp³-hybridized carbons (Fsp3) is 0.333. The van der Waals surface area contributed by atoms with Crippen LogP contribution in [-0.4, -0.2) is 45.9 Å². The second kappa shape index (κ2) is 9.62. The maximum atomic E-state index is 12.8. The van der Waals surface area contributed by atoms with Crippen molar-refractivity contribution >= 4 is 60.5 Å². The summed E-state index contributed by atoms with van der Waals surface area (Å²) in [7, 11) is -1.11. The van der Waals surface area contributed by atoms with E-state index in [1.54, 1.807) is 22.8 Å². The van der Waals surface area contributed by atoms with Crippen molar-refractivity contribution < 1.29 is 22.7 Å². The number of benzene rings is 2. The zero-order chi connectivity index (χ0) is 24.5. The maximum Gasteiger partial charge on any atom is 0.308 e. The van der Waals surface area contributed by atoms with E-state index in [1.807, 2.05) is 13.8 Å². The molecule has 1 aromatic heterocycles. The first-order chi connectivity index (χ1) is 15.5. The third-order valence-corrected chi connectivity index (χ3v) is 7.16. The molecule has 3 rings (SSSR count). The fourth-order valence-corrected chi connectivity index (χ4v) is 5.49. The summed E-state index contributed by atoms with van der Waals surface area (Å²) in [5, 5.41) is 2.93. The van der Waals surface area contributed by atoms with Crippen LogP contribution < -0.4 is 24.0 Å². The third kappa shape index (κ3) is 5.26. The quantitative estimate of drug-likeness (QED) is 0.492. The molecule has 0 bridgehead atoms. The number of aromatic nitrogens is 1. The number of nitrogens with one attached hydrogen (secondary N) is 1. The van der Waals surface area contributed by atoms with Gasteiger partial charge in [-0.15, -0.1) is 0 Å². The normalized spacial score (nSPS) is 11.6. The van der Waals surface area contributed by atoms with Gasteiger partial charge in [0.1, 0.15) is 18.0 Å². The first kappa shape index (κ1) is 24.9. The Balaban J connectivity index is 1.92. The van der Waals surface area contributed by atoms with Gasteiger partial charge in [0.25, 0.3) is 0 Å². The van der Waals surface area contributed by atoms with Crippen LogP contribution in [0.2, 0.25) is 5.02 Å². The van der Waals surface area contributed by atoms with Crippen LogP contribution in [0.15, 0.2) is 35.1 Å².